The van der Waals surface area contributed by atoms with Crippen molar-refractivity contribution in [2.24, 2.45) is 0 Å². The third-order valence-electron chi connectivity index (χ3n) is 2.53. The van der Waals surface area contributed by atoms with Gasteiger partial charge in [0.2, 0.25) is 0 Å². The van der Waals surface area contributed by atoms with E-state index in [1.54, 1.807) is 23.1 Å². The Morgan fingerprint density at radius 3 is 2.79 bits per heavy atom. The highest BCUT2D eigenvalue weighted by Gasteiger charge is 2.17. The van der Waals surface area contributed by atoms with E-state index in [0.29, 0.717) is 13.1 Å². The largest absolute Gasteiger partial charge is 0.478 e. The van der Waals surface area contributed by atoms with Crippen LogP contribution in [0.25, 0.3) is 0 Å². The summed E-state index contributed by atoms with van der Waals surface area (Å²) in [6.45, 7) is 0.819. The predicted molar refractivity (Wildman–Crippen MR) is 64.0 cm³/mol. The Labute approximate surface area is 107 Å². The standard InChI is InChI=1S/C12H11F2N3O2/c13-10-8(12(18)19)2-3-9(11(10)14)15-5-7-17-6-1-4-16-17/h1-4,6,15H,5,7H2,(H,18,19). The van der Waals surface area contributed by atoms with E-state index in [0.717, 1.165) is 6.07 Å². The molecule has 7 heteroatoms. The quantitative estimate of drug-likeness (QED) is 0.869. The molecule has 0 fully saturated rings. The van der Waals surface area contributed by atoms with Gasteiger partial charge >= 0.3 is 5.97 Å². The van der Waals surface area contributed by atoms with Crippen LogP contribution in [-0.2, 0) is 6.54 Å². The molecule has 1 aromatic heterocycles. The van der Waals surface area contributed by atoms with Gasteiger partial charge in [-0.3, -0.25) is 4.68 Å². The Morgan fingerprint density at radius 2 is 2.16 bits per heavy atom. The summed E-state index contributed by atoms with van der Waals surface area (Å²) in [5, 5.41) is 15.3. The van der Waals surface area contributed by atoms with Crippen molar-refractivity contribution in [3.05, 3.63) is 47.8 Å². The molecular weight excluding hydrogens is 256 g/mol. The van der Waals surface area contributed by atoms with Crippen LogP contribution in [0.5, 0.6) is 0 Å². The van der Waals surface area contributed by atoms with E-state index >= 15 is 0 Å². The molecule has 0 radical (unpaired) electrons. The minimum atomic E-state index is -1.50. The molecule has 0 saturated carbocycles. The summed E-state index contributed by atoms with van der Waals surface area (Å²) in [5.74, 6) is -4.06. The normalized spacial score (nSPS) is 10.4. The van der Waals surface area contributed by atoms with Gasteiger partial charge in [0.1, 0.15) is 0 Å². The molecule has 0 saturated heterocycles. The zero-order chi connectivity index (χ0) is 13.8. The van der Waals surface area contributed by atoms with Crippen molar-refractivity contribution < 1.29 is 18.7 Å². The number of hydrogen-bond donors (Lipinski definition) is 2. The molecule has 0 aliphatic carbocycles. The molecule has 1 heterocycles. The molecule has 0 aliphatic rings. The fraction of sp³-hybridized carbons (Fsp3) is 0.167. The van der Waals surface area contributed by atoms with Crippen molar-refractivity contribution in [1.82, 2.24) is 9.78 Å². The second-order valence-electron chi connectivity index (χ2n) is 3.79. The van der Waals surface area contributed by atoms with Crippen LogP contribution < -0.4 is 5.32 Å². The van der Waals surface area contributed by atoms with Crippen molar-refractivity contribution in [3.63, 3.8) is 0 Å². The highest BCUT2D eigenvalue weighted by atomic mass is 19.2. The molecule has 0 amide bonds. The van der Waals surface area contributed by atoms with Gasteiger partial charge < -0.3 is 10.4 Å². The van der Waals surface area contributed by atoms with E-state index in [-0.39, 0.29) is 5.69 Å². The molecule has 0 unspecified atom stereocenters. The maximum absolute atomic E-state index is 13.6. The van der Waals surface area contributed by atoms with Crippen LogP contribution in [0.4, 0.5) is 14.5 Å². The zero-order valence-corrected chi connectivity index (χ0v) is 9.81. The van der Waals surface area contributed by atoms with Crippen LogP contribution in [0, 0.1) is 11.6 Å². The van der Waals surface area contributed by atoms with Gasteiger partial charge in [0.25, 0.3) is 0 Å². The number of anilines is 1. The van der Waals surface area contributed by atoms with Crippen LogP contribution in [0.15, 0.2) is 30.6 Å². The molecule has 0 aliphatic heterocycles. The molecule has 2 rings (SSSR count). The Morgan fingerprint density at radius 1 is 1.37 bits per heavy atom. The smallest absolute Gasteiger partial charge is 0.338 e. The Bertz CT molecular complexity index is 585. The average Bonchev–Trinajstić information content (AvgIpc) is 2.87. The fourth-order valence-electron chi connectivity index (χ4n) is 1.59. The first-order chi connectivity index (χ1) is 9.09. The number of benzene rings is 1. The Kier molecular flexibility index (Phi) is 3.74. The molecule has 5 nitrogen and oxygen atoms in total. The fourth-order valence-corrected chi connectivity index (χ4v) is 1.59. The van der Waals surface area contributed by atoms with Crippen LogP contribution in [-0.4, -0.2) is 27.4 Å². The molecule has 0 bridgehead atoms. The third-order valence-corrected chi connectivity index (χ3v) is 2.53. The lowest BCUT2D eigenvalue weighted by Crippen LogP contribution is -2.13. The number of aromatic carboxylic acids is 1. The zero-order valence-electron chi connectivity index (χ0n) is 9.81. The van der Waals surface area contributed by atoms with Crippen molar-refractivity contribution >= 4 is 11.7 Å². The summed E-state index contributed by atoms with van der Waals surface area (Å²) in [7, 11) is 0. The molecule has 0 atom stereocenters. The summed E-state index contributed by atoms with van der Waals surface area (Å²) >= 11 is 0. The van der Waals surface area contributed by atoms with Gasteiger partial charge in [-0.25, -0.2) is 13.6 Å². The lowest BCUT2D eigenvalue weighted by molar-refractivity contribution is 0.0690. The van der Waals surface area contributed by atoms with Gasteiger partial charge in [-0.1, -0.05) is 0 Å². The Balaban J connectivity index is 2.05. The molecular formula is C12H11F2N3O2. The van der Waals surface area contributed by atoms with Gasteiger partial charge in [0, 0.05) is 18.9 Å². The predicted octanol–water partition coefficient (Wildman–Crippen LogP) is 1.97. The highest BCUT2D eigenvalue weighted by molar-refractivity contribution is 5.88. The maximum atomic E-state index is 13.6. The monoisotopic (exact) mass is 267 g/mol. The van der Waals surface area contributed by atoms with Crippen molar-refractivity contribution in [2.75, 3.05) is 11.9 Å². The topological polar surface area (TPSA) is 67.2 Å². The van der Waals surface area contributed by atoms with E-state index in [4.69, 9.17) is 5.11 Å². The van der Waals surface area contributed by atoms with Crippen LogP contribution in [0.2, 0.25) is 0 Å². The number of hydrogen-bond acceptors (Lipinski definition) is 3. The molecule has 0 spiro atoms. The highest BCUT2D eigenvalue weighted by Crippen LogP contribution is 2.20. The van der Waals surface area contributed by atoms with E-state index in [1.165, 1.54) is 6.07 Å². The lowest BCUT2D eigenvalue weighted by atomic mass is 10.2. The van der Waals surface area contributed by atoms with Gasteiger partial charge in [-0.15, -0.1) is 0 Å². The first-order valence-electron chi connectivity index (χ1n) is 5.52. The van der Waals surface area contributed by atoms with E-state index in [2.05, 4.69) is 10.4 Å². The van der Waals surface area contributed by atoms with E-state index < -0.39 is 23.2 Å². The van der Waals surface area contributed by atoms with Crippen molar-refractivity contribution in [2.45, 2.75) is 6.54 Å². The average molecular weight is 267 g/mol. The number of nitrogens with one attached hydrogen (secondary N) is 1. The number of halogens is 2. The number of aromatic nitrogens is 2. The SMILES string of the molecule is O=C(O)c1ccc(NCCn2cccn2)c(F)c1F. The van der Waals surface area contributed by atoms with E-state index in [9.17, 15) is 13.6 Å². The first kappa shape index (κ1) is 13.0. The summed E-state index contributed by atoms with van der Waals surface area (Å²) in [6, 6.07) is 3.98. The number of carbonyl (C=O) groups is 1. The number of carboxylic acids is 1. The number of rotatable bonds is 5. The second-order valence-corrected chi connectivity index (χ2v) is 3.79. The minimum Gasteiger partial charge on any atom is -0.478 e. The van der Waals surface area contributed by atoms with Gasteiger partial charge in [0.15, 0.2) is 11.6 Å². The summed E-state index contributed by atoms with van der Waals surface area (Å²) in [4.78, 5) is 10.6. The first-order valence-corrected chi connectivity index (χ1v) is 5.52. The maximum Gasteiger partial charge on any atom is 0.338 e. The third kappa shape index (κ3) is 2.87. The van der Waals surface area contributed by atoms with Crippen LogP contribution >= 0.6 is 0 Å². The molecule has 1 aromatic carbocycles. The van der Waals surface area contributed by atoms with E-state index in [1.807, 2.05) is 0 Å². The molecule has 100 valence electrons. The lowest BCUT2D eigenvalue weighted by Gasteiger charge is -2.09. The van der Waals surface area contributed by atoms with Crippen molar-refractivity contribution in [1.29, 1.82) is 0 Å². The minimum absolute atomic E-state index is 0.0744. The van der Waals surface area contributed by atoms with Crippen molar-refractivity contribution in [3.8, 4) is 0 Å². The van der Waals surface area contributed by atoms with Gasteiger partial charge in [0.05, 0.1) is 17.8 Å². The number of carboxylic acid groups (broad SMARTS) is 1. The summed E-state index contributed by atoms with van der Waals surface area (Å²) < 4.78 is 28.6. The number of nitrogens with zero attached hydrogens (tertiary/aromatic N) is 2. The second kappa shape index (κ2) is 5.47. The van der Waals surface area contributed by atoms with Crippen LogP contribution in [0.3, 0.4) is 0 Å². The summed E-state index contributed by atoms with van der Waals surface area (Å²) in [5.41, 5.74) is -0.759. The molecule has 2 N–H and O–H groups in total. The van der Waals surface area contributed by atoms with Gasteiger partial charge in [-0.2, -0.15) is 5.10 Å². The van der Waals surface area contributed by atoms with Gasteiger partial charge in [-0.05, 0) is 18.2 Å². The van der Waals surface area contributed by atoms with Crippen LogP contribution in [0.1, 0.15) is 10.4 Å². The Hall–Kier alpha value is -2.44. The summed E-state index contributed by atoms with van der Waals surface area (Å²) in [6.07, 6.45) is 3.36. The molecule has 2 aromatic rings. The molecule has 19 heavy (non-hydrogen) atoms.